The maximum Gasteiger partial charge on any atom is 0.115 e. The van der Waals surface area contributed by atoms with E-state index in [2.05, 4.69) is 19.2 Å². The van der Waals surface area contributed by atoms with Crippen molar-refractivity contribution in [2.24, 2.45) is 0 Å². The predicted octanol–water partition coefficient (Wildman–Crippen LogP) is 3.00. The van der Waals surface area contributed by atoms with Gasteiger partial charge in [0.1, 0.15) is 5.75 Å². The molecule has 0 saturated carbocycles. The Kier molecular flexibility index (Phi) is 4.61. The van der Waals surface area contributed by atoms with Crippen molar-refractivity contribution in [2.75, 3.05) is 6.61 Å². The van der Waals surface area contributed by atoms with E-state index in [1.54, 1.807) is 6.07 Å². The first-order chi connectivity index (χ1) is 8.70. The number of phenols is 1. The Bertz CT molecular complexity index is 375. The second kappa shape index (κ2) is 6.21. The van der Waals surface area contributed by atoms with Crippen molar-refractivity contribution in [1.82, 2.24) is 5.32 Å². The molecular formula is C15H23NO2. The lowest BCUT2D eigenvalue weighted by Gasteiger charge is -2.27. The molecule has 3 heteroatoms. The monoisotopic (exact) mass is 249 g/mol. The summed E-state index contributed by atoms with van der Waals surface area (Å²) in [5.41, 5.74) is 1.12. The lowest BCUT2D eigenvalue weighted by atomic mass is 10.0. The highest BCUT2D eigenvalue weighted by Gasteiger charge is 2.25. The lowest BCUT2D eigenvalue weighted by Crippen LogP contribution is -2.40. The zero-order valence-electron chi connectivity index (χ0n) is 11.2. The zero-order chi connectivity index (χ0) is 13.0. The zero-order valence-corrected chi connectivity index (χ0v) is 11.2. The Morgan fingerprint density at radius 2 is 2.33 bits per heavy atom. The third kappa shape index (κ3) is 3.24. The van der Waals surface area contributed by atoms with Gasteiger partial charge >= 0.3 is 0 Å². The van der Waals surface area contributed by atoms with Gasteiger partial charge in [0.2, 0.25) is 0 Å². The molecule has 0 amide bonds. The van der Waals surface area contributed by atoms with Gasteiger partial charge in [0.15, 0.2) is 0 Å². The van der Waals surface area contributed by atoms with Crippen LogP contribution in [-0.2, 0) is 4.74 Å². The quantitative estimate of drug-likeness (QED) is 0.843. The van der Waals surface area contributed by atoms with Crippen LogP contribution in [0.2, 0.25) is 0 Å². The molecule has 18 heavy (non-hydrogen) atoms. The second-order valence-corrected chi connectivity index (χ2v) is 5.05. The maximum absolute atomic E-state index is 9.51. The van der Waals surface area contributed by atoms with E-state index in [0.29, 0.717) is 17.9 Å². The van der Waals surface area contributed by atoms with Crippen LogP contribution in [0.15, 0.2) is 24.3 Å². The Labute approximate surface area is 109 Å². The van der Waals surface area contributed by atoms with Crippen LogP contribution in [0.5, 0.6) is 5.75 Å². The highest BCUT2D eigenvalue weighted by molar-refractivity contribution is 5.29. The molecule has 2 rings (SSSR count). The summed E-state index contributed by atoms with van der Waals surface area (Å²) in [4.78, 5) is 0. The third-order valence-electron chi connectivity index (χ3n) is 3.69. The number of hydrogen-bond donors (Lipinski definition) is 2. The summed E-state index contributed by atoms with van der Waals surface area (Å²) in [6, 6.07) is 8.07. The van der Waals surface area contributed by atoms with Crippen LogP contribution < -0.4 is 5.32 Å². The predicted molar refractivity (Wildman–Crippen MR) is 72.7 cm³/mol. The van der Waals surface area contributed by atoms with Crippen LogP contribution in [0.25, 0.3) is 0 Å². The molecule has 1 saturated heterocycles. The molecule has 1 heterocycles. The Hall–Kier alpha value is -1.06. The standard InChI is InChI=1S/C15H23NO2/c1-3-14(15-8-5-9-18-15)16-11(2)12-6-4-7-13(17)10-12/h4,6-7,10-11,14-17H,3,5,8-9H2,1-2H3/t11-,14-,15+/m0/s1. The van der Waals surface area contributed by atoms with Gasteiger partial charge < -0.3 is 15.2 Å². The Morgan fingerprint density at radius 3 is 2.94 bits per heavy atom. The number of phenolic OH excluding ortho intramolecular Hbond substituents is 1. The number of aromatic hydroxyl groups is 1. The summed E-state index contributed by atoms with van der Waals surface area (Å²) in [5.74, 6) is 0.325. The molecule has 0 aromatic heterocycles. The van der Waals surface area contributed by atoms with E-state index < -0.39 is 0 Å². The summed E-state index contributed by atoms with van der Waals surface area (Å²) in [6.45, 7) is 5.21. The van der Waals surface area contributed by atoms with E-state index in [1.807, 2.05) is 18.2 Å². The van der Waals surface area contributed by atoms with Gasteiger partial charge in [-0.15, -0.1) is 0 Å². The van der Waals surface area contributed by atoms with Gasteiger partial charge in [-0.25, -0.2) is 0 Å². The third-order valence-corrected chi connectivity index (χ3v) is 3.69. The summed E-state index contributed by atoms with van der Waals surface area (Å²) >= 11 is 0. The molecule has 1 aliphatic heterocycles. The van der Waals surface area contributed by atoms with Crippen LogP contribution in [-0.4, -0.2) is 23.9 Å². The molecule has 1 aromatic carbocycles. The Morgan fingerprint density at radius 1 is 1.50 bits per heavy atom. The molecule has 0 unspecified atom stereocenters. The van der Waals surface area contributed by atoms with E-state index in [1.165, 1.54) is 6.42 Å². The van der Waals surface area contributed by atoms with Crippen molar-refractivity contribution in [3.63, 3.8) is 0 Å². The number of hydrogen-bond acceptors (Lipinski definition) is 3. The molecule has 100 valence electrons. The van der Waals surface area contributed by atoms with E-state index in [0.717, 1.165) is 25.0 Å². The molecule has 1 fully saturated rings. The smallest absolute Gasteiger partial charge is 0.115 e. The summed E-state index contributed by atoms with van der Waals surface area (Å²) in [6.07, 6.45) is 3.73. The van der Waals surface area contributed by atoms with E-state index in [9.17, 15) is 5.11 Å². The SMILES string of the molecule is CC[C@H](N[C@@H](C)c1cccc(O)c1)[C@H]1CCCO1. The number of benzene rings is 1. The normalized spacial score (nSPS) is 22.9. The van der Waals surface area contributed by atoms with E-state index >= 15 is 0 Å². The minimum Gasteiger partial charge on any atom is -0.508 e. The van der Waals surface area contributed by atoms with Crippen molar-refractivity contribution < 1.29 is 9.84 Å². The topological polar surface area (TPSA) is 41.5 Å². The average Bonchev–Trinajstić information content (AvgIpc) is 2.89. The average molecular weight is 249 g/mol. The summed E-state index contributed by atoms with van der Waals surface area (Å²) in [7, 11) is 0. The van der Waals surface area contributed by atoms with Gasteiger partial charge in [0.05, 0.1) is 6.10 Å². The van der Waals surface area contributed by atoms with Gasteiger partial charge in [-0.2, -0.15) is 0 Å². The van der Waals surface area contributed by atoms with Gasteiger partial charge in [-0.05, 0) is 43.9 Å². The van der Waals surface area contributed by atoms with Crippen molar-refractivity contribution in [3.05, 3.63) is 29.8 Å². The van der Waals surface area contributed by atoms with Crippen LogP contribution >= 0.6 is 0 Å². The van der Waals surface area contributed by atoms with Gasteiger partial charge in [-0.1, -0.05) is 19.1 Å². The molecule has 0 bridgehead atoms. The largest absolute Gasteiger partial charge is 0.508 e. The van der Waals surface area contributed by atoms with E-state index in [4.69, 9.17) is 4.74 Å². The molecule has 3 nitrogen and oxygen atoms in total. The minimum atomic E-state index is 0.228. The molecule has 2 N–H and O–H groups in total. The summed E-state index contributed by atoms with van der Waals surface area (Å²) < 4.78 is 5.75. The van der Waals surface area contributed by atoms with Gasteiger partial charge in [0, 0.05) is 18.7 Å². The summed E-state index contributed by atoms with van der Waals surface area (Å²) in [5, 5.41) is 13.1. The maximum atomic E-state index is 9.51. The molecule has 1 aliphatic rings. The van der Waals surface area contributed by atoms with E-state index in [-0.39, 0.29) is 6.04 Å². The molecule has 1 aromatic rings. The molecule has 0 aliphatic carbocycles. The second-order valence-electron chi connectivity index (χ2n) is 5.05. The molecule has 0 spiro atoms. The molecule has 3 atom stereocenters. The fourth-order valence-electron chi connectivity index (χ4n) is 2.62. The van der Waals surface area contributed by atoms with Crippen molar-refractivity contribution >= 4 is 0 Å². The number of rotatable bonds is 5. The van der Waals surface area contributed by atoms with Crippen LogP contribution in [0.1, 0.15) is 44.7 Å². The van der Waals surface area contributed by atoms with Crippen LogP contribution in [0.3, 0.4) is 0 Å². The van der Waals surface area contributed by atoms with Crippen molar-refractivity contribution in [2.45, 2.75) is 51.3 Å². The Balaban J connectivity index is 1.98. The highest BCUT2D eigenvalue weighted by Crippen LogP contribution is 2.22. The minimum absolute atomic E-state index is 0.228. The lowest BCUT2D eigenvalue weighted by molar-refractivity contribution is 0.0735. The first-order valence-corrected chi connectivity index (χ1v) is 6.87. The van der Waals surface area contributed by atoms with Gasteiger partial charge in [0.25, 0.3) is 0 Å². The molecular weight excluding hydrogens is 226 g/mol. The number of nitrogens with one attached hydrogen (secondary N) is 1. The first kappa shape index (κ1) is 13.4. The van der Waals surface area contributed by atoms with Crippen LogP contribution in [0.4, 0.5) is 0 Å². The molecule has 0 radical (unpaired) electrons. The van der Waals surface area contributed by atoms with Crippen molar-refractivity contribution in [1.29, 1.82) is 0 Å². The number of ether oxygens (including phenoxy) is 1. The first-order valence-electron chi connectivity index (χ1n) is 6.87. The van der Waals surface area contributed by atoms with Crippen LogP contribution in [0, 0.1) is 0 Å². The van der Waals surface area contributed by atoms with Gasteiger partial charge in [-0.3, -0.25) is 0 Å². The van der Waals surface area contributed by atoms with Crippen molar-refractivity contribution in [3.8, 4) is 5.75 Å². The fraction of sp³-hybridized carbons (Fsp3) is 0.600. The fourth-order valence-corrected chi connectivity index (χ4v) is 2.62. The highest BCUT2D eigenvalue weighted by atomic mass is 16.5.